The largest absolute Gasteiger partial charge is 0.293 e. The molecule has 0 N–H and O–H groups in total. The SMILES string of the molecule is CCCN1C(=O)/C(=C\c2csc(N(C(C)=O)c3ccccc3F)n2)SC1=S. The van der Waals surface area contributed by atoms with E-state index in [0.717, 1.165) is 6.42 Å². The van der Waals surface area contributed by atoms with E-state index in [1.54, 1.807) is 28.5 Å². The first kappa shape index (κ1) is 19.7. The maximum absolute atomic E-state index is 14.1. The van der Waals surface area contributed by atoms with E-state index in [1.807, 2.05) is 6.92 Å². The van der Waals surface area contributed by atoms with Gasteiger partial charge in [0.05, 0.1) is 16.3 Å². The van der Waals surface area contributed by atoms with E-state index in [-0.39, 0.29) is 17.5 Å². The molecule has 140 valence electrons. The summed E-state index contributed by atoms with van der Waals surface area (Å²) in [5.74, 6) is -1.00. The Bertz CT molecular complexity index is 941. The van der Waals surface area contributed by atoms with Gasteiger partial charge in [0, 0.05) is 18.8 Å². The van der Waals surface area contributed by atoms with Crippen molar-refractivity contribution in [3.05, 3.63) is 46.1 Å². The van der Waals surface area contributed by atoms with Gasteiger partial charge in [-0.15, -0.1) is 11.3 Å². The average Bonchev–Trinajstić information content (AvgIpc) is 3.17. The number of para-hydroxylation sites is 1. The van der Waals surface area contributed by atoms with Crippen LogP contribution in [0.3, 0.4) is 0 Å². The molecule has 9 heteroatoms. The van der Waals surface area contributed by atoms with Crippen LogP contribution in [0.15, 0.2) is 34.6 Å². The van der Waals surface area contributed by atoms with Gasteiger partial charge < -0.3 is 0 Å². The van der Waals surface area contributed by atoms with Crippen LogP contribution in [0.5, 0.6) is 0 Å². The summed E-state index contributed by atoms with van der Waals surface area (Å²) in [5.41, 5.74) is 0.662. The first-order chi connectivity index (χ1) is 12.9. The van der Waals surface area contributed by atoms with E-state index >= 15 is 0 Å². The number of amides is 2. The number of nitrogens with zero attached hydrogens (tertiary/aromatic N) is 3. The van der Waals surface area contributed by atoms with Crippen LogP contribution >= 0.6 is 35.3 Å². The van der Waals surface area contributed by atoms with Gasteiger partial charge in [0.1, 0.15) is 10.1 Å². The number of halogens is 1. The van der Waals surface area contributed by atoms with E-state index in [2.05, 4.69) is 4.98 Å². The van der Waals surface area contributed by atoms with Crippen molar-refractivity contribution in [2.45, 2.75) is 20.3 Å². The fourth-order valence-electron chi connectivity index (χ4n) is 2.54. The Morgan fingerprint density at radius 1 is 1.41 bits per heavy atom. The molecule has 0 aliphatic carbocycles. The topological polar surface area (TPSA) is 53.5 Å². The Hall–Kier alpha value is -2.10. The second-order valence-corrected chi connectivity index (χ2v) is 8.21. The molecule has 1 fully saturated rings. The van der Waals surface area contributed by atoms with E-state index in [1.165, 1.54) is 47.1 Å². The lowest BCUT2D eigenvalue weighted by atomic mass is 10.3. The van der Waals surface area contributed by atoms with E-state index in [9.17, 15) is 14.0 Å². The lowest BCUT2D eigenvalue weighted by Gasteiger charge is -2.18. The molecule has 27 heavy (non-hydrogen) atoms. The maximum Gasteiger partial charge on any atom is 0.266 e. The van der Waals surface area contributed by atoms with Gasteiger partial charge >= 0.3 is 0 Å². The molecule has 2 amide bonds. The highest BCUT2D eigenvalue weighted by Crippen LogP contribution is 2.35. The molecule has 2 aromatic rings. The molecule has 1 saturated heterocycles. The number of thiocarbonyl (C=S) groups is 1. The lowest BCUT2D eigenvalue weighted by Crippen LogP contribution is -2.28. The normalized spacial score (nSPS) is 15.7. The summed E-state index contributed by atoms with van der Waals surface area (Å²) in [6.45, 7) is 3.91. The predicted octanol–water partition coefficient (Wildman–Crippen LogP) is 4.58. The van der Waals surface area contributed by atoms with Gasteiger partial charge in [-0.05, 0) is 24.6 Å². The number of anilines is 2. The molecule has 1 aromatic carbocycles. The number of rotatable bonds is 5. The highest BCUT2D eigenvalue weighted by molar-refractivity contribution is 8.26. The van der Waals surface area contributed by atoms with Crippen molar-refractivity contribution in [1.29, 1.82) is 0 Å². The third kappa shape index (κ3) is 4.10. The average molecular weight is 422 g/mol. The van der Waals surface area contributed by atoms with Crippen LogP contribution in [0.2, 0.25) is 0 Å². The smallest absolute Gasteiger partial charge is 0.266 e. The molecule has 2 heterocycles. The molecule has 0 bridgehead atoms. The van der Waals surface area contributed by atoms with Gasteiger partial charge in [-0.1, -0.05) is 43.0 Å². The van der Waals surface area contributed by atoms with E-state index in [0.29, 0.717) is 26.6 Å². The lowest BCUT2D eigenvalue weighted by molar-refractivity contribution is -0.122. The van der Waals surface area contributed by atoms with Crippen LogP contribution in [-0.4, -0.2) is 32.6 Å². The van der Waals surface area contributed by atoms with Crippen LogP contribution in [0.1, 0.15) is 26.0 Å². The third-order valence-corrected chi connectivity index (χ3v) is 5.93. The molecular weight excluding hydrogens is 405 g/mol. The zero-order valence-electron chi connectivity index (χ0n) is 14.6. The minimum absolute atomic E-state index is 0.139. The van der Waals surface area contributed by atoms with Crippen molar-refractivity contribution >= 4 is 68.3 Å². The van der Waals surface area contributed by atoms with Crippen molar-refractivity contribution in [1.82, 2.24) is 9.88 Å². The standard InChI is InChI=1S/C18H16FN3O2S3/c1-3-8-21-16(24)15(27-18(21)25)9-12-10-26-17(20-12)22(11(2)23)14-7-5-4-6-13(14)19/h4-7,9-10H,3,8H2,1-2H3/b15-9+. The fraction of sp³-hybridized carbons (Fsp3) is 0.222. The molecule has 0 unspecified atom stereocenters. The van der Waals surface area contributed by atoms with Crippen LogP contribution in [-0.2, 0) is 9.59 Å². The Morgan fingerprint density at radius 3 is 2.81 bits per heavy atom. The number of carbonyl (C=O) groups is 2. The van der Waals surface area contributed by atoms with Gasteiger partial charge in [-0.25, -0.2) is 9.37 Å². The van der Waals surface area contributed by atoms with E-state index in [4.69, 9.17) is 12.2 Å². The summed E-state index contributed by atoms with van der Waals surface area (Å²) in [6, 6.07) is 6.03. The number of thiazole rings is 1. The molecule has 1 aliphatic rings. The van der Waals surface area contributed by atoms with Gasteiger partial charge in [0.2, 0.25) is 5.91 Å². The summed E-state index contributed by atoms with van der Waals surface area (Å²) >= 11 is 7.68. The van der Waals surface area contributed by atoms with E-state index < -0.39 is 5.82 Å². The Labute approximate surface area is 169 Å². The molecule has 3 rings (SSSR count). The molecule has 1 aromatic heterocycles. The highest BCUT2D eigenvalue weighted by Gasteiger charge is 2.31. The quantitative estimate of drug-likeness (QED) is 0.523. The molecule has 0 atom stereocenters. The minimum Gasteiger partial charge on any atom is -0.293 e. The zero-order chi connectivity index (χ0) is 19.6. The van der Waals surface area contributed by atoms with Crippen LogP contribution < -0.4 is 4.90 Å². The number of hydrogen-bond donors (Lipinski definition) is 0. The Balaban J connectivity index is 1.90. The number of carbonyl (C=O) groups excluding carboxylic acids is 2. The van der Waals surface area contributed by atoms with Gasteiger partial charge in [0.25, 0.3) is 5.91 Å². The molecular formula is C18H16FN3O2S3. The second-order valence-electron chi connectivity index (χ2n) is 5.69. The van der Waals surface area contributed by atoms with Crippen molar-refractivity contribution in [2.24, 2.45) is 0 Å². The summed E-state index contributed by atoms with van der Waals surface area (Å²) in [5, 5.41) is 2.06. The fourth-order valence-corrected chi connectivity index (χ4v) is 4.67. The first-order valence-corrected chi connectivity index (χ1v) is 10.3. The summed E-state index contributed by atoms with van der Waals surface area (Å²) in [7, 11) is 0. The Kier molecular flexibility index (Phi) is 6.03. The third-order valence-electron chi connectivity index (χ3n) is 3.71. The first-order valence-electron chi connectivity index (χ1n) is 8.18. The van der Waals surface area contributed by atoms with Gasteiger partial charge in [-0.2, -0.15) is 0 Å². The highest BCUT2D eigenvalue weighted by atomic mass is 32.2. The summed E-state index contributed by atoms with van der Waals surface area (Å²) in [4.78, 5) is 32.2. The zero-order valence-corrected chi connectivity index (χ0v) is 17.1. The number of thioether (sulfide) groups is 1. The van der Waals surface area contributed by atoms with Crippen molar-refractivity contribution < 1.29 is 14.0 Å². The molecule has 0 radical (unpaired) electrons. The van der Waals surface area contributed by atoms with Crippen molar-refractivity contribution in [2.75, 3.05) is 11.4 Å². The van der Waals surface area contributed by atoms with Gasteiger partial charge in [0.15, 0.2) is 5.13 Å². The molecule has 5 nitrogen and oxygen atoms in total. The maximum atomic E-state index is 14.1. The van der Waals surface area contributed by atoms with Crippen LogP contribution in [0, 0.1) is 5.82 Å². The summed E-state index contributed by atoms with van der Waals surface area (Å²) < 4.78 is 14.7. The molecule has 0 spiro atoms. The minimum atomic E-state index is -0.509. The van der Waals surface area contributed by atoms with Gasteiger partial charge in [-0.3, -0.25) is 19.4 Å². The predicted molar refractivity (Wildman–Crippen MR) is 112 cm³/mol. The number of benzene rings is 1. The molecule has 1 aliphatic heterocycles. The molecule has 0 saturated carbocycles. The number of aromatic nitrogens is 1. The van der Waals surface area contributed by atoms with Crippen molar-refractivity contribution in [3.8, 4) is 0 Å². The monoisotopic (exact) mass is 421 g/mol. The second kappa shape index (κ2) is 8.28. The summed E-state index contributed by atoms with van der Waals surface area (Å²) in [6.07, 6.45) is 2.46. The van der Waals surface area contributed by atoms with Crippen LogP contribution in [0.4, 0.5) is 15.2 Å². The number of hydrogen-bond acceptors (Lipinski definition) is 6. The van der Waals surface area contributed by atoms with Crippen molar-refractivity contribution in [3.63, 3.8) is 0 Å². The van der Waals surface area contributed by atoms with Crippen LogP contribution in [0.25, 0.3) is 6.08 Å². The Morgan fingerprint density at radius 2 is 2.15 bits per heavy atom.